The maximum Gasteiger partial charge on any atom is 0.407 e. The van der Waals surface area contributed by atoms with Crippen LogP contribution in [0.25, 0.3) is 11.1 Å². The third kappa shape index (κ3) is 12.8. The molecule has 2 N–H and O–H groups in total. The molecule has 0 saturated heterocycles. The number of nitrogens with one attached hydrogen (secondary N) is 2. The Hall–Kier alpha value is -3.95. The number of fused-ring (bicyclic) bond motifs is 3. The number of rotatable bonds is 20. The van der Waals surface area contributed by atoms with Crippen LogP contribution in [0, 0.1) is 12.3 Å². The van der Waals surface area contributed by atoms with Gasteiger partial charge in [0.15, 0.2) is 0 Å². The summed E-state index contributed by atoms with van der Waals surface area (Å²) in [6.07, 6.45) is 4.33. The van der Waals surface area contributed by atoms with Crippen LogP contribution in [0.15, 0.2) is 48.5 Å². The van der Waals surface area contributed by atoms with Crippen molar-refractivity contribution >= 4 is 18.0 Å². The Morgan fingerprint density at radius 3 is 1.93 bits per heavy atom. The molecular formula is C35H46N2O9. The van der Waals surface area contributed by atoms with Crippen molar-refractivity contribution < 1.29 is 42.8 Å². The number of ether oxygens (including phenoxy) is 6. The number of esters is 1. The van der Waals surface area contributed by atoms with E-state index < -0.39 is 29.6 Å². The molecule has 0 aromatic heterocycles. The minimum Gasteiger partial charge on any atom is -0.460 e. The first kappa shape index (κ1) is 36.5. The van der Waals surface area contributed by atoms with Crippen LogP contribution in [0.4, 0.5) is 4.79 Å². The van der Waals surface area contributed by atoms with E-state index in [0.717, 1.165) is 22.3 Å². The molecule has 1 aliphatic rings. The second-order valence-electron chi connectivity index (χ2n) is 11.5. The van der Waals surface area contributed by atoms with E-state index in [1.165, 1.54) is 0 Å². The second kappa shape index (κ2) is 19.5. The molecule has 2 amide bonds. The highest BCUT2D eigenvalue weighted by Gasteiger charge is 2.30. The lowest BCUT2D eigenvalue weighted by atomic mass is 9.98. The summed E-state index contributed by atoms with van der Waals surface area (Å²) in [6.45, 7) is 8.52. The van der Waals surface area contributed by atoms with Crippen molar-refractivity contribution in [2.75, 3.05) is 66.0 Å². The van der Waals surface area contributed by atoms with E-state index in [1.807, 2.05) is 36.4 Å². The highest BCUT2D eigenvalue weighted by Crippen LogP contribution is 2.44. The van der Waals surface area contributed by atoms with Crippen LogP contribution in [-0.2, 0) is 38.0 Å². The van der Waals surface area contributed by atoms with Gasteiger partial charge in [-0.1, -0.05) is 54.5 Å². The van der Waals surface area contributed by atoms with Crippen molar-refractivity contribution in [1.82, 2.24) is 10.6 Å². The fourth-order valence-electron chi connectivity index (χ4n) is 4.87. The molecule has 2 aromatic carbocycles. The Balaban J connectivity index is 1.42. The Labute approximate surface area is 271 Å². The lowest BCUT2D eigenvalue weighted by molar-refractivity contribution is -0.155. The molecule has 0 unspecified atom stereocenters. The molecule has 250 valence electrons. The number of amides is 2. The number of carbonyl (C=O) groups excluding carboxylic acids is 3. The highest BCUT2D eigenvalue weighted by molar-refractivity contribution is 5.86. The van der Waals surface area contributed by atoms with Gasteiger partial charge in [-0.15, -0.1) is 6.42 Å². The molecule has 11 heteroatoms. The van der Waals surface area contributed by atoms with Gasteiger partial charge < -0.3 is 39.1 Å². The number of hydrogen-bond acceptors (Lipinski definition) is 9. The molecule has 2 aromatic rings. The summed E-state index contributed by atoms with van der Waals surface area (Å²) in [7, 11) is 0. The van der Waals surface area contributed by atoms with Gasteiger partial charge in [-0.3, -0.25) is 9.59 Å². The number of alkyl carbamates (subject to hydrolysis) is 1. The van der Waals surface area contributed by atoms with Gasteiger partial charge in [-0.05, 0) is 49.4 Å². The third-order valence-electron chi connectivity index (χ3n) is 6.86. The SMILES string of the molecule is C#CCOCCOCCOCCOCCNC(=O)[C@H](CCC(=O)OC(C)(C)C)NC(=O)OCC1c2ccccc2-c2ccccc21. The molecule has 1 atom stereocenters. The van der Waals surface area contributed by atoms with Gasteiger partial charge in [0.05, 0.1) is 46.2 Å². The van der Waals surface area contributed by atoms with E-state index in [2.05, 4.69) is 28.7 Å². The van der Waals surface area contributed by atoms with Gasteiger partial charge in [0.2, 0.25) is 5.91 Å². The standard InChI is InChI=1S/C35H46N2O9/c1-5-17-41-19-21-43-23-24-44-22-20-42-18-16-36-33(39)31(14-15-32(38)46-35(2,3)4)37-34(40)45-25-30-28-12-8-6-10-26(28)27-11-7-9-13-29(27)30/h1,6-13,30-31H,14-25H2,2-4H3,(H,36,39)(H,37,40)/t31-/m0/s1. The zero-order valence-electron chi connectivity index (χ0n) is 27.0. The Morgan fingerprint density at radius 2 is 1.37 bits per heavy atom. The molecule has 0 fully saturated rings. The average molecular weight is 639 g/mol. The van der Waals surface area contributed by atoms with Crippen molar-refractivity contribution in [3.05, 3.63) is 59.7 Å². The van der Waals surface area contributed by atoms with Crippen LogP contribution < -0.4 is 10.6 Å². The average Bonchev–Trinajstić information content (AvgIpc) is 3.34. The molecule has 0 radical (unpaired) electrons. The molecule has 1 aliphatic carbocycles. The van der Waals surface area contributed by atoms with E-state index in [9.17, 15) is 14.4 Å². The van der Waals surface area contributed by atoms with Crippen molar-refractivity contribution in [3.63, 3.8) is 0 Å². The van der Waals surface area contributed by atoms with Gasteiger partial charge in [0.1, 0.15) is 24.9 Å². The molecule has 0 saturated carbocycles. The Bertz CT molecular complexity index is 1260. The Kier molecular flexibility index (Phi) is 15.5. The third-order valence-corrected chi connectivity index (χ3v) is 6.86. The van der Waals surface area contributed by atoms with Gasteiger partial charge >= 0.3 is 12.1 Å². The number of benzene rings is 2. The summed E-state index contributed by atoms with van der Waals surface area (Å²) in [5.74, 6) is 1.33. The minimum atomic E-state index is -1.01. The van der Waals surface area contributed by atoms with Crippen molar-refractivity contribution in [3.8, 4) is 23.5 Å². The predicted molar refractivity (Wildman–Crippen MR) is 172 cm³/mol. The van der Waals surface area contributed by atoms with Gasteiger partial charge in [0, 0.05) is 18.9 Å². The van der Waals surface area contributed by atoms with Crippen LogP contribution in [0.3, 0.4) is 0 Å². The first-order valence-electron chi connectivity index (χ1n) is 15.5. The van der Waals surface area contributed by atoms with Crippen LogP contribution in [0.2, 0.25) is 0 Å². The van der Waals surface area contributed by atoms with E-state index in [-0.39, 0.29) is 45.1 Å². The molecule has 0 spiro atoms. The fraction of sp³-hybridized carbons (Fsp3) is 0.514. The zero-order valence-corrected chi connectivity index (χ0v) is 27.0. The first-order valence-corrected chi connectivity index (χ1v) is 15.5. The number of hydrogen-bond donors (Lipinski definition) is 2. The summed E-state index contributed by atoms with van der Waals surface area (Å²) in [5, 5.41) is 5.39. The Morgan fingerprint density at radius 1 is 0.826 bits per heavy atom. The summed E-state index contributed by atoms with van der Waals surface area (Å²) < 4.78 is 32.4. The number of carbonyl (C=O) groups is 3. The van der Waals surface area contributed by atoms with Crippen LogP contribution >= 0.6 is 0 Å². The quantitative estimate of drug-likeness (QED) is 0.126. The van der Waals surface area contributed by atoms with Crippen molar-refractivity contribution in [1.29, 1.82) is 0 Å². The van der Waals surface area contributed by atoms with E-state index >= 15 is 0 Å². The highest BCUT2D eigenvalue weighted by atomic mass is 16.6. The van der Waals surface area contributed by atoms with E-state index in [4.69, 9.17) is 34.8 Å². The lowest BCUT2D eigenvalue weighted by Crippen LogP contribution is -2.48. The van der Waals surface area contributed by atoms with Crippen LogP contribution in [0.1, 0.15) is 50.7 Å². The van der Waals surface area contributed by atoms with Gasteiger partial charge in [-0.2, -0.15) is 0 Å². The maximum atomic E-state index is 13.0. The molecule has 11 nitrogen and oxygen atoms in total. The summed E-state index contributed by atoms with van der Waals surface area (Å²) in [4.78, 5) is 38.3. The molecule has 0 aliphatic heterocycles. The molecule has 3 rings (SSSR count). The fourth-order valence-corrected chi connectivity index (χ4v) is 4.87. The van der Waals surface area contributed by atoms with E-state index in [0.29, 0.717) is 39.6 Å². The molecule has 0 bridgehead atoms. The van der Waals surface area contributed by atoms with Crippen LogP contribution in [0.5, 0.6) is 0 Å². The van der Waals surface area contributed by atoms with Gasteiger partial charge in [-0.25, -0.2) is 4.79 Å². The minimum absolute atomic E-state index is 0.0394. The maximum absolute atomic E-state index is 13.0. The largest absolute Gasteiger partial charge is 0.460 e. The summed E-state index contributed by atoms with van der Waals surface area (Å²) in [5.41, 5.74) is 3.72. The smallest absolute Gasteiger partial charge is 0.407 e. The number of terminal acetylenes is 1. The molecular weight excluding hydrogens is 592 g/mol. The molecule has 46 heavy (non-hydrogen) atoms. The van der Waals surface area contributed by atoms with Gasteiger partial charge in [0.25, 0.3) is 0 Å². The summed E-state index contributed by atoms with van der Waals surface area (Å²) in [6, 6.07) is 15.1. The van der Waals surface area contributed by atoms with E-state index in [1.54, 1.807) is 20.8 Å². The van der Waals surface area contributed by atoms with Crippen molar-refractivity contribution in [2.45, 2.75) is 51.2 Å². The summed E-state index contributed by atoms with van der Waals surface area (Å²) >= 11 is 0. The monoisotopic (exact) mass is 638 g/mol. The second-order valence-corrected chi connectivity index (χ2v) is 11.5. The zero-order chi connectivity index (χ0) is 33.2. The van der Waals surface area contributed by atoms with Crippen molar-refractivity contribution in [2.24, 2.45) is 0 Å². The molecule has 0 heterocycles. The van der Waals surface area contributed by atoms with Crippen LogP contribution in [-0.4, -0.2) is 95.6 Å². The normalized spacial score (nSPS) is 12.8. The topological polar surface area (TPSA) is 131 Å². The predicted octanol–water partition coefficient (Wildman–Crippen LogP) is 3.83. The lowest BCUT2D eigenvalue weighted by Gasteiger charge is -2.22. The first-order chi connectivity index (χ1) is 22.2.